The van der Waals surface area contributed by atoms with Crippen LogP contribution in [-0.4, -0.2) is 4.57 Å². The van der Waals surface area contributed by atoms with Crippen molar-refractivity contribution in [1.29, 1.82) is 0 Å². The van der Waals surface area contributed by atoms with Crippen molar-refractivity contribution in [1.82, 2.24) is 4.57 Å². The minimum Gasteiger partial charge on any atom is -0.309 e. The number of para-hydroxylation sites is 2. The van der Waals surface area contributed by atoms with Crippen molar-refractivity contribution in [2.24, 2.45) is 0 Å². The highest BCUT2D eigenvalue weighted by Gasteiger charge is 2.19. The van der Waals surface area contributed by atoms with E-state index in [1.54, 1.807) is 0 Å². The first-order valence-corrected chi connectivity index (χ1v) is 15.9. The van der Waals surface area contributed by atoms with E-state index >= 15 is 0 Å². The highest BCUT2D eigenvalue weighted by molar-refractivity contribution is 6.22. The fraction of sp³-hybridized carbons (Fsp3) is 0. The number of fused-ring (bicyclic) bond motifs is 5. The topological polar surface area (TPSA) is 9.29 Å². The summed E-state index contributed by atoms with van der Waals surface area (Å²) in [6.07, 6.45) is 0. The average molecular weight is 597 g/mol. The summed E-state index contributed by atoms with van der Waals surface area (Å²) in [7, 11) is 0. The second-order valence-electron chi connectivity index (χ2n) is 12.0. The number of rotatable bonds is 4. The van der Waals surface area contributed by atoms with E-state index in [1.165, 1.54) is 43.7 Å². The van der Waals surface area contributed by atoms with Gasteiger partial charge in [-0.1, -0.05) is 146 Å². The second kappa shape index (κ2) is 10.9. The second-order valence-corrected chi connectivity index (χ2v) is 12.0. The van der Waals surface area contributed by atoms with E-state index in [0.717, 1.165) is 38.7 Å². The molecule has 0 amide bonds. The molecule has 0 radical (unpaired) electrons. The van der Waals surface area contributed by atoms with Crippen LogP contribution in [0.3, 0.4) is 0 Å². The molecular formula is C45H28N2. The van der Waals surface area contributed by atoms with E-state index in [9.17, 15) is 0 Å². The number of aromatic nitrogens is 1. The molecule has 9 rings (SSSR count). The predicted octanol–water partition coefficient (Wildman–Crippen LogP) is 12.6. The van der Waals surface area contributed by atoms with Crippen molar-refractivity contribution in [3.63, 3.8) is 0 Å². The molecule has 0 fully saturated rings. The number of hydrogen-bond donors (Lipinski definition) is 0. The summed E-state index contributed by atoms with van der Waals surface area (Å²) in [5.41, 5.74) is 10.8. The third-order valence-corrected chi connectivity index (χ3v) is 9.42. The van der Waals surface area contributed by atoms with Crippen LogP contribution in [0.4, 0.5) is 5.69 Å². The van der Waals surface area contributed by atoms with Crippen LogP contribution in [0.25, 0.3) is 87.3 Å². The van der Waals surface area contributed by atoms with Crippen LogP contribution in [0.1, 0.15) is 0 Å². The van der Waals surface area contributed by atoms with Crippen LogP contribution in [0, 0.1) is 6.57 Å². The van der Waals surface area contributed by atoms with E-state index in [4.69, 9.17) is 6.57 Å². The van der Waals surface area contributed by atoms with E-state index in [2.05, 4.69) is 173 Å². The lowest BCUT2D eigenvalue weighted by molar-refractivity contribution is 1.18. The third-order valence-electron chi connectivity index (χ3n) is 9.42. The Hall–Kier alpha value is -6.43. The largest absolute Gasteiger partial charge is 0.309 e. The van der Waals surface area contributed by atoms with Gasteiger partial charge in [0.2, 0.25) is 0 Å². The molecule has 8 aromatic carbocycles. The summed E-state index contributed by atoms with van der Waals surface area (Å²) in [6, 6.07) is 60.1. The number of nitrogens with zero attached hydrogens (tertiary/aromatic N) is 2. The first-order valence-electron chi connectivity index (χ1n) is 15.9. The van der Waals surface area contributed by atoms with Gasteiger partial charge in [0.15, 0.2) is 5.69 Å². The van der Waals surface area contributed by atoms with Crippen molar-refractivity contribution in [2.45, 2.75) is 0 Å². The van der Waals surface area contributed by atoms with Crippen molar-refractivity contribution < 1.29 is 0 Å². The van der Waals surface area contributed by atoms with Crippen LogP contribution < -0.4 is 0 Å². The van der Waals surface area contributed by atoms with E-state index < -0.39 is 0 Å². The summed E-state index contributed by atoms with van der Waals surface area (Å²) in [5, 5.41) is 7.17. The quantitative estimate of drug-likeness (QED) is 0.141. The summed E-state index contributed by atoms with van der Waals surface area (Å²) in [4.78, 5) is 4.03. The smallest absolute Gasteiger partial charge is 0.194 e. The SMILES string of the molecule is [C-]#[N+]c1ccc(-c2ccc(-n3c4ccccc4c4ccccc43)cc2)cc1-c1c2ccccc2c(-c2ccccc2)c2ccccc12. The Kier molecular flexibility index (Phi) is 6.23. The Morgan fingerprint density at radius 3 is 1.40 bits per heavy atom. The molecule has 1 heterocycles. The summed E-state index contributed by atoms with van der Waals surface area (Å²) in [6.45, 7) is 8.16. The van der Waals surface area contributed by atoms with Crippen LogP contribution in [0.5, 0.6) is 0 Å². The zero-order valence-corrected chi connectivity index (χ0v) is 25.6. The molecule has 0 saturated carbocycles. The minimum atomic E-state index is 0.651. The monoisotopic (exact) mass is 596 g/mol. The fourth-order valence-corrected chi connectivity index (χ4v) is 7.35. The van der Waals surface area contributed by atoms with Crippen LogP contribution in [-0.2, 0) is 0 Å². The van der Waals surface area contributed by atoms with Gasteiger partial charge in [-0.2, -0.15) is 0 Å². The van der Waals surface area contributed by atoms with Crippen LogP contribution in [0.15, 0.2) is 170 Å². The maximum absolute atomic E-state index is 8.16. The van der Waals surface area contributed by atoms with Crippen LogP contribution >= 0.6 is 0 Å². The molecule has 0 aliphatic heterocycles. The molecule has 47 heavy (non-hydrogen) atoms. The Morgan fingerprint density at radius 1 is 0.383 bits per heavy atom. The fourth-order valence-electron chi connectivity index (χ4n) is 7.35. The average Bonchev–Trinajstić information content (AvgIpc) is 3.48. The lowest BCUT2D eigenvalue weighted by Crippen LogP contribution is -1.94. The van der Waals surface area contributed by atoms with Crippen molar-refractivity contribution in [3.8, 4) is 39.1 Å². The Balaban J connectivity index is 1.23. The molecule has 0 N–H and O–H groups in total. The summed E-state index contributed by atoms with van der Waals surface area (Å²) in [5.74, 6) is 0. The number of benzene rings is 8. The highest BCUT2D eigenvalue weighted by atomic mass is 15.0. The van der Waals surface area contributed by atoms with Gasteiger partial charge in [-0.15, -0.1) is 0 Å². The lowest BCUT2D eigenvalue weighted by Gasteiger charge is -2.19. The molecule has 0 aliphatic rings. The van der Waals surface area contributed by atoms with E-state index in [1.807, 2.05) is 6.07 Å². The Labute approximate surface area is 273 Å². The van der Waals surface area contributed by atoms with Gasteiger partial charge >= 0.3 is 0 Å². The molecule has 218 valence electrons. The Morgan fingerprint density at radius 2 is 0.851 bits per heavy atom. The third kappa shape index (κ3) is 4.26. The maximum atomic E-state index is 8.16. The van der Waals surface area contributed by atoms with Gasteiger partial charge in [0.25, 0.3) is 0 Å². The van der Waals surface area contributed by atoms with Gasteiger partial charge < -0.3 is 4.57 Å². The molecule has 2 nitrogen and oxygen atoms in total. The van der Waals surface area contributed by atoms with Crippen molar-refractivity contribution in [2.75, 3.05) is 0 Å². The maximum Gasteiger partial charge on any atom is 0.194 e. The van der Waals surface area contributed by atoms with E-state index in [0.29, 0.717) is 5.69 Å². The molecular weight excluding hydrogens is 569 g/mol. The molecule has 2 heteroatoms. The van der Waals surface area contributed by atoms with Gasteiger partial charge in [-0.25, -0.2) is 4.85 Å². The van der Waals surface area contributed by atoms with Gasteiger partial charge in [0.05, 0.1) is 17.6 Å². The van der Waals surface area contributed by atoms with Crippen molar-refractivity contribution >= 4 is 49.0 Å². The molecule has 9 aromatic rings. The zero-order chi connectivity index (χ0) is 31.3. The van der Waals surface area contributed by atoms with Gasteiger partial charge in [0, 0.05) is 16.5 Å². The molecule has 0 bridgehead atoms. The van der Waals surface area contributed by atoms with Gasteiger partial charge in [-0.05, 0) is 79.2 Å². The first-order chi connectivity index (χ1) is 23.3. The predicted molar refractivity (Wildman–Crippen MR) is 198 cm³/mol. The molecule has 0 aliphatic carbocycles. The molecule has 0 spiro atoms. The van der Waals surface area contributed by atoms with Crippen LogP contribution in [0.2, 0.25) is 0 Å². The normalized spacial score (nSPS) is 11.4. The van der Waals surface area contributed by atoms with Gasteiger partial charge in [-0.3, -0.25) is 0 Å². The highest BCUT2D eigenvalue weighted by Crippen LogP contribution is 2.47. The standard InChI is InChI=1S/C45H28N2/c1-46-41-28-25-32(30-23-26-33(27-24-30)47-42-21-11-9-15-34(42)35-16-10-12-22-43(35)47)29-40(41)45-38-19-7-5-17-36(38)44(31-13-3-2-4-14-31)37-18-6-8-20-39(37)45/h2-29H. The minimum absolute atomic E-state index is 0.651. The summed E-state index contributed by atoms with van der Waals surface area (Å²) < 4.78 is 2.34. The van der Waals surface area contributed by atoms with Gasteiger partial charge in [0.1, 0.15) is 0 Å². The molecule has 1 aromatic heterocycles. The zero-order valence-electron chi connectivity index (χ0n) is 25.6. The first kappa shape index (κ1) is 26.9. The van der Waals surface area contributed by atoms with Crippen molar-refractivity contribution in [3.05, 3.63) is 181 Å². The van der Waals surface area contributed by atoms with E-state index in [-0.39, 0.29) is 0 Å². The molecule has 0 atom stereocenters. The summed E-state index contributed by atoms with van der Waals surface area (Å²) >= 11 is 0. The molecule has 0 unspecified atom stereocenters. The molecule has 0 saturated heterocycles. The number of hydrogen-bond acceptors (Lipinski definition) is 0. The Bertz CT molecular complexity index is 2560. The lowest BCUT2D eigenvalue weighted by atomic mass is 9.85.